The Morgan fingerprint density at radius 3 is 2.56 bits per heavy atom. The Bertz CT molecular complexity index is 365. The van der Waals surface area contributed by atoms with Crippen molar-refractivity contribution in [2.45, 2.75) is 37.9 Å². The number of hydrogen-bond acceptors (Lipinski definition) is 5. The average Bonchev–Trinajstić information content (AvgIpc) is 2.27. The first-order chi connectivity index (χ1) is 7.40. The fourth-order valence-corrected chi connectivity index (χ4v) is 1.62. The van der Waals surface area contributed by atoms with Gasteiger partial charge in [0.1, 0.15) is 11.6 Å². The standard InChI is InChI=1S/C11H20N4S/c1-6-11(2,3)15(4)9-7-8(12)13-10(14-9)16-5/h7H,6H2,1-5H3,(H2,12,13,14). The molecule has 0 atom stereocenters. The van der Waals surface area contributed by atoms with Crippen LogP contribution in [0.25, 0.3) is 0 Å². The number of hydrogen-bond donors (Lipinski definition) is 1. The number of nitrogen functional groups attached to an aromatic ring is 1. The zero-order valence-corrected chi connectivity index (χ0v) is 11.4. The molecule has 2 N–H and O–H groups in total. The molecule has 0 saturated heterocycles. The zero-order valence-electron chi connectivity index (χ0n) is 10.6. The van der Waals surface area contributed by atoms with Crippen molar-refractivity contribution in [3.8, 4) is 0 Å². The lowest BCUT2D eigenvalue weighted by Gasteiger charge is -2.35. The summed E-state index contributed by atoms with van der Waals surface area (Å²) in [5.74, 6) is 1.40. The maximum Gasteiger partial charge on any atom is 0.191 e. The molecule has 0 fully saturated rings. The smallest absolute Gasteiger partial charge is 0.191 e. The number of thioether (sulfide) groups is 1. The Kier molecular flexibility index (Phi) is 4.02. The maximum atomic E-state index is 5.77. The monoisotopic (exact) mass is 240 g/mol. The van der Waals surface area contributed by atoms with E-state index in [0.717, 1.165) is 12.2 Å². The van der Waals surface area contributed by atoms with Gasteiger partial charge >= 0.3 is 0 Å². The van der Waals surface area contributed by atoms with Crippen molar-refractivity contribution >= 4 is 23.4 Å². The largest absolute Gasteiger partial charge is 0.383 e. The topological polar surface area (TPSA) is 55.0 Å². The molecular formula is C11H20N4S. The summed E-state index contributed by atoms with van der Waals surface area (Å²) >= 11 is 1.50. The first-order valence-corrected chi connectivity index (χ1v) is 6.55. The van der Waals surface area contributed by atoms with Crippen LogP contribution < -0.4 is 10.6 Å². The summed E-state index contributed by atoms with van der Waals surface area (Å²) in [5.41, 5.74) is 5.83. The molecule has 90 valence electrons. The number of nitrogens with zero attached hydrogens (tertiary/aromatic N) is 3. The lowest BCUT2D eigenvalue weighted by atomic mass is 10.0. The Hall–Kier alpha value is -0.970. The molecule has 0 aliphatic carbocycles. The van der Waals surface area contributed by atoms with Crippen LogP contribution in [0, 0.1) is 0 Å². The minimum atomic E-state index is 0.0659. The zero-order chi connectivity index (χ0) is 12.3. The summed E-state index contributed by atoms with van der Waals surface area (Å²) in [6.45, 7) is 6.53. The predicted molar refractivity (Wildman–Crippen MR) is 71.0 cm³/mol. The fraction of sp³-hybridized carbons (Fsp3) is 0.636. The van der Waals surface area contributed by atoms with Gasteiger partial charge in [-0.3, -0.25) is 0 Å². The summed E-state index contributed by atoms with van der Waals surface area (Å²) < 4.78 is 0. The van der Waals surface area contributed by atoms with Gasteiger partial charge in [-0.2, -0.15) is 0 Å². The third-order valence-corrected chi connectivity index (χ3v) is 3.56. The first kappa shape index (κ1) is 13.1. The molecule has 5 heteroatoms. The van der Waals surface area contributed by atoms with E-state index in [9.17, 15) is 0 Å². The van der Waals surface area contributed by atoms with Gasteiger partial charge in [-0.15, -0.1) is 0 Å². The molecule has 0 bridgehead atoms. The van der Waals surface area contributed by atoms with Crippen molar-refractivity contribution in [2.24, 2.45) is 0 Å². The lowest BCUT2D eigenvalue weighted by Crippen LogP contribution is -2.41. The second kappa shape index (κ2) is 4.91. The van der Waals surface area contributed by atoms with E-state index in [1.165, 1.54) is 11.8 Å². The molecule has 1 rings (SSSR count). The van der Waals surface area contributed by atoms with Crippen LogP contribution in [0.1, 0.15) is 27.2 Å². The highest BCUT2D eigenvalue weighted by Gasteiger charge is 2.23. The highest BCUT2D eigenvalue weighted by atomic mass is 32.2. The van der Waals surface area contributed by atoms with Crippen LogP contribution in [0.5, 0.6) is 0 Å². The first-order valence-electron chi connectivity index (χ1n) is 5.33. The Morgan fingerprint density at radius 1 is 1.44 bits per heavy atom. The van der Waals surface area contributed by atoms with Crippen LogP contribution in [0.15, 0.2) is 11.2 Å². The highest BCUT2D eigenvalue weighted by Crippen LogP contribution is 2.25. The minimum Gasteiger partial charge on any atom is -0.383 e. The van der Waals surface area contributed by atoms with Gasteiger partial charge < -0.3 is 10.6 Å². The van der Waals surface area contributed by atoms with E-state index >= 15 is 0 Å². The van der Waals surface area contributed by atoms with E-state index in [4.69, 9.17) is 5.73 Å². The van der Waals surface area contributed by atoms with Crippen LogP contribution in [-0.2, 0) is 0 Å². The fourth-order valence-electron chi connectivity index (χ4n) is 1.24. The number of aromatic nitrogens is 2. The van der Waals surface area contributed by atoms with E-state index in [-0.39, 0.29) is 5.54 Å². The highest BCUT2D eigenvalue weighted by molar-refractivity contribution is 7.98. The van der Waals surface area contributed by atoms with E-state index in [1.807, 2.05) is 19.4 Å². The van der Waals surface area contributed by atoms with Gasteiger partial charge in [-0.1, -0.05) is 18.7 Å². The molecule has 0 radical (unpaired) electrons. The molecule has 1 heterocycles. The molecule has 16 heavy (non-hydrogen) atoms. The third kappa shape index (κ3) is 2.78. The van der Waals surface area contributed by atoms with Crippen molar-refractivity contribution in [3.05, 3.63) is 6.07 Å². The second-order valence-electron chi connectivity index (χ2n) is 4.36. The third-order valence-electron chi connectivity index (χ3n) is 3.01. The molecule has 0 aliphatic heterocycles. The average molecular weight is 240 g/mol. The van der Waals surface area contributed by atoms with Crippen molar-refractivity contribution in [1.82, 2.24) is 9.97 Å². The summed E-state index contributed by atoms with van der Waals surface area (Å²) in [7, 11) is 2.04. The normalized spacial score (nSPS) is 11.6. The van der Waals surface area contributed by atoms with Gasteiger partial charge in [0.25, 0.3) is 0 Å². The van der Waals surface area contributed by atoms with Gasteiger partial charge in [0.2, 0.25) is 0 Å². The van der Waals surface area contributed by atoms with Crippen molar-refractivity contribution in [3.63, 3.8) is 0 Å². The van der Waals surface area contributed by atoms with Crippen LogP contribution in [0.4, 0.5) is 11.6 Å². The van der Waals surface area contributed by atoms with Crippen LogP contribution in [0.3, 0.4) is 0 Å². The minimum absolute atomic E-state index is 0.0659. The Labute approximate surface area is 102 Å². The maximum absolute atomic E-state index is 5.77. The van der Waals surface area contributed by atoms with E-state index < -0.39 is 0 Å². The molecule has 0 aliphatic rings. The van der Waals surface area contributed by atoms with Gasteiger partial charge in [-0.05, 0) is 26.5 Å². The SMILES string of the molecule is CCC(C)(C)N(C)c1cc(N)nc(SC)n1. The Morgan fingerprint density at radius 2 is 2.06 bits per heavy atom. The molecule has 0 amide bonds. The van der Waals surface area contributed by atoms with Gasteiger partial charge in [0, 0.05) is 18.7 Å². The van der Waals surface area contributed by atoms with E-state index in [1.54, 1.807) is 0 Å². The van der Waals surface area contributed by atoms with Gasteiger partial charge in [0.05, 0.1) is 0 Å². The van der Waals surface area contributed by atoms with Crippen molar-refractivity contribution in [1.29, 1.82) is 0 Å². The number of rotatable bonds is 4. The summed E-state index contributed by atoms with van der Waals surface area (Å²) in [6, 6.07) is 1.82. The molecule has 0 aromatic carbocycles. The van der Waals surface area contributed by atoms with Crippen LogP contribution in [-0.4, -0.2) is 28.8 Å². The van der Waals surface area contributed by atoms with Crippen LogP contribution in [0.2, 0.25) is 0 Å². The summed E-state index contributed by atoms with van der Waals surface area (Å²) in [5, 5.41) is 0.716. The lowest BCUT2D eigenvalue weighted by molar-refractivity contribution is 0.466. The molecule has 0 saturated carbocycles. The predicted octanol–water partition coefficient (Wildman–Crippen LogP) is 2.41. The van der Waals surface area contributed by atoms with Crippen molar-refractivity contribution in [2.75, 3.05) is 23.9 Å². The molecular weight excluding hydrogens is 220 g/mol. The molecule has 0 unspecified atom stereocenters. The Balaban J connectivity index is 3.08. The summed E-state index contributed by atoms with van der Waals surface area (Å²) in [6.07, 6.45) is 2.99. The quantitative estimate of drug-likeness (QED) is 0.647. The summed E-state index contributed by atoms with van der Waals surface area (Å²) in [4.78, 5) is 10.8. The van der Waals surface area contributed by atoms with Gasteiger partial charge in [0.15, 0.2) is 5.16 Å². The van der Waals surface area contributed by atoms with Gasteiger partial charge in [-0.25, -0.2) is 9.97 Å². The van der Waals surface area contributed by atoms with Crippen LogP contribution >= 0.6 is 11.8 Å². The number of anilines is 2. The molecule has 1 aromatic rings. The molecule has 4 nitrogen and oxygen atoms in total. The van der Waals surface area contributed by atoms with E-state index in [2.05, 4.69) is 35.6 Å². The van der Waals surface area contributed by atoms with E-state index in [0.29, 0.717) is 11.0 Å². The molecule has 1 aromatic heterocycles. The van der Waals surface area contributed by atoms with Crippen molar-refractivity contribution < 1.29 is 0 Å². The number of nitrogens with two attached hydrogens (primary N) is 1. The molecule has 0 spiro atoms. The second-order valence-corrected chi connectivity index (χ2v) is 5.14.